The third-order valence-electron chi connectivity index (χ3n) is 2.92. The lowest BCUT2D eigenvalue weighted by molar-refractivity contribution is -0.171. The fourth-order valence-corrected chi connectivity index (χ4v) is 4.05. The highest BCUT2D eigenvalue weighted by Crippen LogP contribution is 2.33. The SMILES string of the molecule is CC1(C)CCNC2(CCS(=O)(=O)C2)O1. The lowest BCUT2D eigenvalue weighted by Gasteiger charge is -2.43. The maximum Gasteiger partial charge on any atom is 0.154 e. The van der Waals surface area contributed by atoms with Crippen molar-refractivity contribution in [1.29, 1.82) is 0 Å². The van der Waals surface area contributed by atoms with E-state index in [0.29, 0.717) is 6.42 Å². The molecule has 5 heteroatoms. The van der Waals surface area contributed by atoms with Crippen molar-refractivity contribution in [2.75, 3.05) is 18.1 Å². The molecule has 82 valence electrons. The van der Waals surface area contributed by atoms with Crippen LogP contribution in [0.25, 0.3) is 0 Å². The fourth-order valence-electron chi connectivity index (χ4n) is 2.25. The van der Waals surface area contributed by atoms with E-state index in [1.165, 1.54) is 0 Å². The largest absolute Gasteiger partial charge is 0.354 e. The molecule has 0 saturated carbocycles. The van der Waals surface area contributed by atoms with Gasteiger partial charge in [-0.3, -0.25) is 5.32 Å². The molecule has 0 aliphatic carbocycles. The van der Waals surface area contributed by atoms with Crippen LogP contribution < -0.4 is 5.32 Å². The highest BCUT2D eigenvalue weighted by molar-refractivity contribution is 7.91. The Morgan fingerprint density at radius 1 is 1.29 bits per heavy atom. The second-order valence-corrected chi connectivity index (χ2v) is 7.06. The third kappa shape index (κ3) is 1.94. The van der Waals surface area contributed by atoms with Crippen LogP contribution in [0.5, 0.6) is 0 Å². The zero-order valence-electron chi connectivity index (χ0n) is 8.67. The number of sulfone groups is 1. The van der Waals surface area contributed by atoms with E-state index < -0.39 is 15.6 Å². The molecule has 2 aliphatic rings. The van der Waals surface area contributed by atoms with Gasteiger partial charge in [-0.05, 0) is 20.3 Å². The summed E-state index contributed by atoms with van der Waals surface area (Å²) in [4.78, 5) is 0. The van der Waals surface area contributed by atoms with Gasteiger partial charge in [0.2, 0.25) is 0 Å². The van der Waals surface area contributed by atoms with E-state index >= 15 is 0 Å². The minimum atomic E-state index is -2.89. The number of rotatable bonds is 0. The van der Waals surface area contributed by atoms with Crippen LogP contribution >= 0.6 is 0 Å². The Morgan fingerprint density at radius 3 is 2.50 bits per heavy atom. The second-order valence-electron chi connectivity index (χ2n) is 4.87. The quantitative estimate of drug-likeness (QED) is 0.636. The molecular weight excluding hydrogens is 202 g/mol. The minimum absolute atomic E-state index is 0.128. The molecule has 2 fully saturated rings. The monoisotopic (exact) mass is 219 g/mol. The Bertz CT molecular complexity index is 336. The Balaban J connectivity index is 2.18. The smallest absolute Gasteiger partial charge is 0.154 e. The third-order valence-corrected chi connectivity index (χ3v) is 4.65. The summed E-state index contributed by atoms with van der Waals surface area (Å²) in [6, 6.07) is 0. The van der Waals surface area contributed by atoms with Crippen molar-refractivity contribution in [2.45, 2.75) is 38.0 Å². The van der Waals surface area contributed by atoms with E-state index in [-0.39, 0.29) is 17.1 Å². The van der Waals surface area contributed by atoms with Crippen LogP contribution in [0.1, 0.15) is 26.7 Å². The molecule has 1 spiro atoms. The van der Waals surface area contributed by atoms with Crippen molar-refractivity contribution in [1.82, 2.24) is 5.32 Å². The Hall–Kier alpha value is -0.130. The molecule has 0 bridgehead atoms. The van der Waals surface area contributed by atoms with Crippen LogP contribution in [-0.4, -0.2) is 37.8 Å². The van der Waals surface area contributed by atoms with Gasteiger partial charge in [0.25, 0.3) is 0 Å². The molecule has 2 saturated heterocycles. The van der Waals surface area contributed by atoms with E-state index in [9.17, 15) is 8.42 Å². The molecule has 0 radical (unpaired) electrons. The molecule has 0 aromatic rings. The van der Waals surface area contributed by atoms with Crippen LogP contribution in [0.15, 0.2) is 0 Å². The van der Waals surface area contributed by atoms with Crippen LogP contribution in [0, 0.1) is 0 Å². The first-order valence-electron chi connectivity index (χ1n) is 4.98. The van der Waals surface area contributed by atoms with Gasteiger partial charge in [-0.15, -0.1) is 0 Å². The van der Waals surface area contributed by atoms with Crippen molar-refractivity contribution < 1.29 is 13.2 Å². The predicted molar refractivity (Wildman–Crippen MR) is 53.8 cm³/mol. The van der Waals surface area contributed by atoms with Gasteiger partial charge in [0.15, 0.2) is 9.84 Å². The summed E-state index contributed by atoms with van der Waals surface area (Å²) in [7, 11) is -2.89. The fraction of sp³-hybridized carbons (Fsp3) is 1.00. The van der Waals surface area contributed by atoms with Gasteiger partial charge >= 0.3 is 0 Å². The van der Waals surface area contributed by atoms with E-state index in [1.54, 1.807) is 0 Å². The highest BCUT2D eigenvalue weighted by atomic mass is 32.2. The van der Waals surface area contributed by atoms with Crippen LogP contribution in [0.2, 0.25) is 0 Å². The lowest BCUT2D eigenvalue weighted by Crippen LogP contribution is -2.58. The van der Waals surface area contributed by atoms with Crippen molar-refractivity contribution in [3.8, 4) is 0 Å². The zero-order chi connectivity index (χ0) is 10.4. The van der Waals surface area contributed by atoms with Crippen molar-refractivity contribution in [2.24, 2.45) is 0 Å². The summed E-state index contributed by atoms with van der Waals surface area (Å²) in [6.07, 6.45) is 1.51. The van der Waals surface area contributed by atoms with Crippen LogP contribution in [0.4, 0.5) is 0 Å². The first-order valence-corrected chi connectivity index (χ1v) is 6.80. The predicted octanol–water partition coefficient (Wildman–Crippen LogP) is 0.290. The van der Waals surface area contributed by atoms with Crippen molar-refractivity contribution in [3.05, 3.63) is 0 Å². The Morgan fingerprint density at radius 2 is 2.00 bits per heavy atom. The Labute approximate surface area is 84.9 Å². The molecule has 2 heterocycles. The number of ether oxygens (including phenoxy) is 1. The number of hydrogen-bond acceptors (Lipinski definition) is 4. The molecule has 1 atom stereocenters. The number of hydrogen-bond donors (Lipinski definition) is 1. The molecule has 0 aromatic carbocycles. The lowest BCUT2D eigenvalue weighted by atomic mass is 9.99. The molecule has 1 N–H and O–H groups in total. The van der Waals surface area contributed by atoms with Gasteiger partial charge in [0.1, 0.15) is 5.72 Å². The molecule has 0 aromatic heterocycles. The van der Waals surface area contributed by atoms with Gasteiger partial charge < -0.3 is 4.74 Å². The van der Waals surface area contributed by atoms with Crippen molar-refractivity contribution >= 4 is 9.84 Å². The van der Waals surface area contributed by atoms with Gasteiger partial charge in [0, 0.05) is 13.0 Å². The van der Waals surface area contributed by atoms with Gasteiger partial charge in [-0.2, -0.15) is 0 Å². The molecule has 4 nitrogen and oxygen atoms in total. The molecule has 1 unspecified atom stereocenters. The molecule has 2 rings (SSSR count). The van der Waals surface area contributed by atoms with Crippen molar-refractivity contribution in [3.63, 3.8) is 0 Å². The van der Waals surface area contributed by atoms with Crippen LogP contribution in [0.3, 0.4) is 0 Å². The van der Waals surface area contributed by atoms with E-state index in [2.05, 4.69) is 5.32 Å². The first kappa shape index (κ1) is 10.4. The molecule has 2 aliphatic heterocycles. The average Bonchev–Trinajstić information content (AvgIpc) is 2.24. The van der Waals surface area contributed by atoms with Gasteiger partial charge in [0.05, 0.1) is 17.1 Å². The Kier molecular flexibility index (Phi) is 2.18. The summed E-state index contributed by atoms with van der Waals surface area (Å²) in [6.45, 7) is 4.86. The summed E-state index contributed by atoms with van der Waals surface area (Å²) < 4.78 is 28.7. The van der Waals surface area contributed by atoms with E-state index in [0.717, 1.165) is 13.0 Å². The highest BCUT2D eigenvalue weighted by Gasteiger charge is 2.48. The molecular formula is C9H17NO3S. The second kappa shape index (κ2) is 2.93. The molecule has 0 amide bonds. The summed E-state index contributed by atoms with van der Waals surface area (Å²) in [5, 5.41) is 3.20. The minimum Gasteiger partial charge on any atom is -0.354 e. The molecule has 14 heavy (non-hydrogen) atoms. The maximum atomic E-state index is 11.4. The maximum absolute atomic E-state index is 11.4. The van der Waals surface area contributed by atoms with E-state index in [1.807, 2.05) is 13.8 Å². The topological polar surface area (TPSA) is 55.4 Å². The average molecular weight is 219 g/mol. The summed E-state index contributed by atoms with van der Waals surface area (Å²) >= 11 is 0. The standard InChI is InChI=1S/C9H17NO3S/c1-8(2)3-5-10-9(13-8)4-6-14(11,12)7-9/h10H,3-7H2,1-2H3. The number of nitrogens with one attached hydrogen (secondary N) is 1. The normalized spacial score (nSPS) is 40.1. The summed E-state index contributed by atoms with van der Waals surface area (Å²) in [5.74, 6) is 0.375. The van der Waals surface area contributed by atoms with Gasteiger partial charge in [-0.25, -0.2) is 8.42 Å². The van der Waals surface area contributed by atoms with Crippen LogP contribution in [-0.2, 0) is 14.6 Å². The first-order chi connectivity index (χ1) is 6.33. The summed E-state index contributed by atoms with van der Waals surface area (Å²) in [5.41, 5.74) is -0.800. The van der Waals surface area contributed by atoms with Gasteiger partial charge in [-0.1, -0.05) is 0 Å². The zero-order valence-corrected chi connectivity index (χ0v) is 9.49. The van der Waals surface area contributed by atoms with E-state index in [4.69, 9.17) is 4.74 Å².